The van der Waals surface area contributed by atoms with E-state index < -0.39 is 0 Å². The first-order valence-corrected chi connectivity index (χ1v) is 8.07. The Bertz CT molecular complexity index is 660. The van der Waals surface area contributed by atoms with Gasteiger partial charge in [0.05, 0.1) is 19.2 Å². The number of hydrogen-bond donors (Lipinski definition) is 0. The molecule has 0 saturated heterocycles. The molecule has 0 radical (unpaired) electrons. The van der Waals surface area contributed by atoms with Gasteiger partial charge in [0.15, 0.2) is 0 Å². The molecule has 0 aromatic heterocycles. The van der Waals surface area contributed by atoms with E-state index >= 15 is 0 Å². The van der Waals surface area contributed by atoms with Crippen molar-refractivity contribution in [2.24, 2.45) is 0 Å². The molecule has 0 aliphatic carbocycles. The number of nitrogens with zero attached hydrogens (tertiary/aromatic N) is 1. The van der Waals surface area contributed by atoms with Crippen molar-refractivity contribution in [1.29, 1.82) is 0 Å². The van der Waals surface area contributed by atoms with Gasteiger partial charge in [0.2, 0.25) is 0 Å². The summed E-state index contributed by atoms with van der Waals surface area (Å²) in [5.41, 5.74) is 1.67. The molecule has 1 heterocycles. The van der Waals surface area contributed by atoms with Crippen LogP contribution < -0.4 is 4.74 Å². The lowest BCUT2D eigenvalue weighted by Gasteiger charge is -2.19. The normalized spacial score (nSPS) is 14.8. The van der Waals surface area contributed by atoms with Crippen LogP contribution >= 0.6 is 11.8 Å². The second-order valence-electron chi connectivity index (χ2n) is 4.93. The highest BCUT2D eigenvalue weighted by molar-refractivity contribution is 7.99. The topological polar surface area (TPSA) is 38.8 Å². The SMILES string of the molecule is COc1ccc2c(c1)CN(OC(=O)c1ccccc1)CCS2. The quantitative estimate of drug-likeness (QED) is 0.868. The summed E-state index contributed by atoms with van der Waals surface area (Å²) in [6.45, 7) is 1.26. The van der Waals surface area contributed by atoms with E-state index in [4.69, 9.17) is 9.57 Å². The average molecular weight is 315 g/mol. The number of thioether (sulfide) groups is 1. The maximum absolute atomic E-state index is 12.2. The van der Waals surface area contributed by atoms with E-state index in [1.807, 2.05) is 30.3 Å². The Balaban J connectivity index is 1.74. The van der Waals surface area contributed by atoms with Gasteiger partial charge in [-0.3, -0.25) is 0 Å². The first-order chi connectivity index (χ1) is 10.8. The molecule has 3 rings (SSSR count). The van der Waals surface area contributed by atoms with Crippen molar-refractivity contribution in [1.82, 2.24) is 5.06 Å². The van der Waals surface area contributed by atoms with Crippen LogP contribution in [0.4, 0.5) is 0 Å². The minimum Gasteiger partial charge on any atom is -0.497 e. The molecule has 2 aromatic rings. The van der Waals surface area contributed by atoms with Crippen molar-refractivity contribution in [2.45, 2.75) is 11.4 Å². The molecule has 1 aliphatic heterocycles. The van der Waals surface area contributed by atoms with Gasteiger partial charge in [-0.05, 0) is 35.9 Å². The van der Waals surface area contributed by atoms with Crippen LogP contribution in [0.1, 0.15) is 15.9 Å². The van der Waals surface area contributed by atoms with Crippen molar-refractivity contribution in [2.75, 3.05) is 19.4 Å². The molecule has 22 heavy (non-hydrogen) atoms. The average Bonchev–Trinajstić information content (AvgIpc) is 2.76. The molecular weight excluding hydrogens is 298 g/mol. The second kappa shape index (κ2) is 6.85. The highest BCUT2D eigenvalue weighted by Crippen LogP contribution is 2.30. The van der Waals surface area contributed by atoms with Crippen molar-refractivity contribution >= 4 is 17.7 Å². The van der Waals surface area contributed by atoms with E-state index in [2.05, 4.69) is 6.07 Å². The number of carbonyl (C=O) groups excluding carboxylic acids is 1. The maximum atomic E-state index is 12.2. The van der Waals surface area contributed by atoms with Crippen LogP contribution in [-0.2, 0) is 11.4 Å². The first-order valence-electron chi connectivity index (χ1n) is 7.08. The fourth-order valence-corrected chi connectivity index (χ4v) is 3.28. The molecule has 114 valence electrons. The summed E-state index contributed by atoms with van der Waals surface area (Å²) in [5, 5.41) is 1.72. The molecule has 0 unspecified atom stereocenters. The number of ether oxygens (including phenoxy) is 1. The molecule has 4 nitrogen and oxygen atoms in total. The lowest BCUT2D eigenvalue weighted by atomic mass is 10.2. The molecule has 0 saturated carbocycles. The van der Waals surface area contributed by atoms with E-state index in [0.717, 1.165) is 17.1 Å². The molecular formula is C17H17NO3S. The highest BCUT2D eigenvalue weighted by atomic mass is 32.2. The molecule has 5 heteroatoms. The Morgan fingerprint density at radius 3 is 2.77 bits per heavy atom. The third kappa shape index (κ3) is 3.43. The number of benzene rings is 2. The van der Waals surface area contributed by atoms with Gasteiger partial charge in [-0.1, -0.05) is 18.2 Å². The molecule has 0 amide bonds. The van der Waals surface area contributed by atoms with Crippen LogP contribution in [-0.4, -0.2) is 30.4 Å². The summed E-state index contributed by atoms with van der Waals surface area (Å²) in [6.07, 6.45) is 0. The van der Waals surface area contributed by atoms with E-state index in [-0.39, 0.29) is 5.97 Å². The van der Waals surface area contributed by atoms with Crippen LogP contribution in [0, 0.1) is 0 Å². The van der Waals surface area contributed by atoms with Gasteiger partial charge in [-0.15, -0.1) is 16.8 Å². The molecule has 0 N–H and O–H groups in total. The summed E-state index contributed by atoms with van der Waals surface area (Å²) in [7, 11) is 1.65. The van der Waals surface area contributed by atoms with E-state index in [0.29, 0.717) is 18.7 Å². The molecule has 0 spiro atoms. The minimum absolute atomic E-state index is 0.322. The van der Waals surface area contributed by atoms with Crippen molar-refractivity contribution in [3.63, 3.8) is 0 Å². The Kier molecular flexibility index (Phi) is 4.65. The summed E-state index contributed by atoms with van der Waals surface area (Å²) in [5.74, 6) is 1.37. The lowest BCUT2D eigenvalue weighted by Crippen LogP contribution is -2.28. The number of hydroxylamine groups is 2. The second-order valence-corrected chi connectivity index (χ2v) is 6.07. The van der Waals surface area contributed by atoms with Crippen molar-refractivity contribution in [3.8, 4) is 5.75 Å². The zero-order chi connectivity index (χ0) is 15.4. The van der Waals surface area contributed by atoms with E-state index in [9.17, 15) is 4.79 Å². The first kappa shape index (κ1) is 14.9. The molecule has 0 bridgehead atoms. The summed E-state index contributed by atoms with van der Waals surface area (Å²) in [6, 6.07) is 15.1. The predicted octanol–water partition coefficient (Wildman–Crippen LogP) is 3.37. The fourth-order valence-electron chi connectivity index (χ4n) is 2.30. The van der Waals surface area contributed by atoms with Gasteiger partial charge in [-0.25, -0.2) is 4.79 Å². The molecule has 1 aliphatic rings. The van der Waals surface area contributed by atoms with Crippen LogP contribution in [0.5, 0.6) is 5.75 Å². The lowest BCUT2D eigenvalue weighted by molar-refractivity contribution is -0.112. The molecule has 2 aromatic carbocycles. The van der Waals surface area contributed by atoms with E-state index in [1.165, 1.54) is 4.90 Å². The highest BCUT2D eigenvalue weighted by Gasteiger charge is 2.19. The summed E-state index contributed by atoms with van der Waals surface area (Å²) < 4.78 is 5.27. The number of methoxy groups -OCH3 is 1. The fraction of sp³-hybridized carbons (Fsp3) is 0.235. The third-order valence-electron chi connectivity index (χ3n) is 3.43. The van der Waals surface area contributed by atoms with Gasteiger partial charge in [0.25, 0.3) is 0 Å². The molecule has 0 fully saturated rings. The number of rotatable bonds is 3. The Morgan fingerprint density at radius 2 is 2.00 bits per heavy atom. The Hall–Kier alpha value is -1.98. The maximum Gasteiger partial charge on any atom is 0.357 e. The number of carbonyl (C=O) groups is 1. The van der Waals surface area contributed by atoms with Gasteiger partial charge in [-0.2, -0.15) is 0 Å². The van der Waals surface area contributed by atoms with Gasteiger partial charge in [0, 0.05) is 17.2 Å². The van der Waals surface area contributed by atoms with Crippen LogP contribution in [0.15, 0.2) is 53.4 Å². The van der Waals surface area contributed by atoms with Gasteiger partial charge >= 0.3 is 5.97 Å². The standard InChI is InChI=1S/C17H17NO3S/c1-20-15-7-8-16-14(11-15)12-18(9-10-22-16)21-17(19)13-5-3-2-4-6-13/h2-8,11H,9-10,12H2,1H3. The van der Waals surface area contributed by atoms with E-state index in [1.54, 1.807) is 36.1 Å². The zero-order valence-electron chi connectivity index (χ0n) is 12.3. The molecule has 0 atom stereocenters. The Morgan fingerprint density at radius 1 is 1.18 bits per heavy atom. The summed E-state index contributed by atoms with van der Waals surface area (Å²) in [4.78, 5) is 18.9. The summed E-state index contributed by atoms with van der Waals surface area (Å²) >= 11 is 1.77. The van der Waals surface area contributed by atoms with Crippen LogP contribution in [0.25, 0.3) is 0 Å². The van der Waals surface area contributed by atoms with Gasteiger partial charge in [0.1, 0.15) is 5.75 Å². The Labute approximate surface area is 134 Å². The van der Waals surface area contributed by atoms with Crippen molar-refractivity contribution in [3.05, 3.63) is 59.7 Å². The number of hydrogen-bond acceptors (Lipinski definition) is 5. The largest absolute Gasteiger partial charge is 0.497 e. The smallest absolute Gasteiger partial charge is 0.357 e. The minimum atomic E-state index is -0.322. The van der Waals surface area contributed by atoms with Crippen molar-refractivity contribution < 1.29 is 14.4 Å². The zero-order valence-corrected chi connectivity index (χ0v) is 13.1. The number of fused-ring (bicyclic) bond motifs is 1. The van der Waals surface area contributed by atoms with Crippen LogP contribution in [0.3, 0.4) is 0 Å². The third-order valence-corrected chi connectivity index (χ3v) is 4.53. The van der Waals surface area contributed by atoms with Gasteiger partial charge < -0.3 is 9.57 Å². The van der Waals surface area contributed by atoms with Crippen LogP contribution in [0.2, 0.25) is 0 Å². The predicted molar refractivity (Wildman–Crippen MR) is 86.0 cm³/mol. The monoisotopic (exact) mass is 315 g/mol.